The van der Waals surface area contributed by atoms with Crippen LogP contribution in [0.15, 0.2) is 36.4 Å². The van der Waals surface area contributed by atoms with Gasteiger partial charge in [-0.05, 0) is 35.9 Å². The van der Waals surface area contributed by atoms with E-state index in [1.807, 2.05) is 0 Å². The largest absolute Gasteiger partial charge is 0.506 e. The number of phenolic OH excluding ortho intramolecular Hbond substituents is 1. The number of phenols is 1. The molecule has 6 heteroatoms. The minimum Gasteiger partial charge on any atom is -0.506 e. The highest BCUT2D eigenvalue weighted by Crippen LogP contribution is 2.33. The van der Waals surface area contributed by atoms with Crippen LogP contribution in [0.2, 0.25) is 5.02 Å². The van der Waals surface area contributed by atoms with E-state index < -0.39 is 11.9 Å². The number of halogens is 2. The van der Waals surface area contributed by atoms with Crippen molar-refractivity contribution in [2.75, 3.05) is 5.32 Å². The molecule has 3 N–H and O–H groups in total. The molecule has 0 saturated heterocycles. The minimum atomic E-state index is -1.25. The lowest BCUT2D eigenvalue weighted by Gasteiger charge is -2.10. The molecular weight excluding hydrogens is 273 g/mol. The van der Waals surface area contributed by atoms with Crippen LogP contribution in [0.3, 0.4) is 0 Å². The third-order valence-electron chi connectivity index (χ3n) is 2.48. The van der Waals surface area contributed by atoms with E-state index in [9.17, 15) is 14.3 Å². The number of benzene rings is 2. The summed E-state index contributed by atoms with van der Waals surface area (Å²) in [6, 6.07) is 7.96. The quantitative estimate of drug-likeness (QED) is 0.781. The lowest BCUT2D eigenvalue weighted by molar-refractivity contribution is 0.210. The van der Waals surface area contributed by atoms with Crippen molar-refractivity contribution in [1.29, 1.82) is 0 Å². The van der Waals surface area contributed by atoms with E-state index >= 15 is 0 Å². The van der Waals surface area contributed by atoms with Gasteiger partial charge in [-0.1, -0.05) is 17.7 Å². The molecule has 0 aliphatic carbocycles. The van der Waals surface area contributed by atoms with Crippen LogP contribution in [-0.2, 0) is 0 Å². The molecule has 0 spiro atoms. The van der Waals surface area contributed by atoms with Crippen LogP contribution >= 0.6 is 11.6 Å². The summed E-state index contributed by atoms with van der Waals surface area (Å²) in [6.45, 7) is 0. The number of aromatic hydroxyl groups is 1. The van der Waals surface area contributed by atoms with Gasteiger partial charge in [0.25, 0.3) is 0 Å². The number of hydrogen-bond donors (Lipinski definition) is 3. The first-order valence-electron chi connectivity index (χ1n) is 5.26. The molecule has 19 heavy (non-hydrogen) atoms. The predicted octanol–water partition coefficient (Wildman–Crippen LogP) is 3.94. The Hall–Kier alpha value is -2.27. The second-order valence-corrected chi connectivity index (χ2v) is 4.19. The Morgan fingerprint density at radius 3 is 2.58 bits per heavy atom. The summed E-state index contributed by atoms with van der Waals surface area (Å²) < 4.78 is 13.3. The fourth-order valence-corrected chi connectivity index (χ4v) is 1.83. The first-order chi connectivity index (χ1) is 8.97. The summed E-state index contributed by atoms with van der Waals surface area (Å²) in [5.41, 5.74) is 1.06. The molecular formula is C13H9ClFNO3. The highest BCUT2D eigenvalue weighted by atomic mass is 35.5. The van der Waals surface area contributed by atoms with Crippen molar-refractivity contribution < 1.29 is 19.4 Å². The van der Waals surface area contributed by atoms with Crippen molar-refractivity contribution in [2.24, 2.45) is 0 Å². The second kappa shape index (κ2) is 5.16. The highest BCUT2D eigenvalue weighted by molar-refractivity contribution is 6.32. The Kier molecular flexibility index (Phi) is 3.57. The Morgan fingerprint density at radius 2 is 1.95 bits per heavy atom. The van der Waals surface area contributed by atoms with E-state index in [1.54, 1.807) is 0 Å². The van der Waals surface area contributed by atoms with Gasteiger partial charge in [-0.25, -0.2) is 9.18 Å². The minimum absolute atomic E-state index is 0.100. The van der Waals surface area contributed by atoms with E-state index in [1.165, 1.54) is 30.3 Å². The molecule has 0 heterocycles. The normalized spacial score (nSPS) is 10.2. The maximum atomic E-state index is 13.3. The van der Waals surface area contributed by atoms with Gasteiger partial charge < -0.3 is 10.2 Å². The van der Waals surface area contributed by atoms with Gasteiger partial charge in [0.1, 0.15) is 11.6 Å². The number of carboxylic acid groups (broad SMARTS) is 1. The average molecular weight is 282 g/mol. The van der Waals surface area contributed by atoms with E-state index in [-0.39, 0.29) is 16.5 Å². The van der Waals surface area contributed by atoms with Crippen molar-refractivity contribution in [3.05, 3.63) is 47.2 Å². The molecule has 0 radical (unpaired) electrons. The van der Waals surface area contributed by atoms with E-state index in [4.69, 9.17) is 16.7 Å². The van der Waals surface area contributed by atoms with Gasteiger partial charge in [0.05, 0.1) is 10.7 Å². The summed E-state index contributed by atoms with van der Waals surface area (Å²) in [5.74, 6) is -0.607. The summed E-state index contributed by atoms with van der Waals surface area (Å²) in [4.78, 5) is 10.7. The molecule has 1 amide bonds. The Labute approximate surface area is 113 Å². The summed E-state index contributed by atoms with van der Waals surface area (Å²) in [7, 11) is 0. The van der Waals surface area contributed by atoms with Crippen molar-refractivity contribution in [3.63, 3.8) is 0 Å². The van der Waals surface area contributed by atoms with Gasteiger partial charge in [-0.2, -0.15) is 0 Å². The van der Waals surface area contributed by atoms with Crippen molar-refractivity contribution in [3.8, 4) is 16.9 Å². The Morgan fingerprint density at radius 1 is 1.21 bits per heavy atom. The molecule has 0 aliphatic heterocycles. The fourth-order valence-electron chi connectivity index (χ4n) is 1.65. The molecule has 0 atom stereocenters. The summed E-state index contributed by atoms with van der Waals surface area (Å²) in [6.07, 6.45) is -1.25. The number of hydrogen-bond acceptors (Lipinski definition) is 2. The predicted molar refractivity (Wildman–Crippen MR) is 70.2 cm³/mol. The first kappa shape index (κ1) is 13.2. The smallest absolute Gasteiger partial charge is 0.409 e. The zero-order valence-electron chi connectivity index (χ0n) is 9.52. The maximum Gasteiger partial charge on any atom is 0.409 e. The van der Waals surface area contributed by atoms with Crippen molar-refractivity contribution in [1.82, 2.24) is 0 Å². The SMILES string of the molecule is O=C(O)Nc1ccc(F)cc1-c1ccc(O)c(Cl)c1. The molecule has 2 aromatic carbocycles. The molecule has 0 aromatic heterocycles. The molecule has 98 valence electrons. The average Bonchev–Trinajstić information content (AvgIpc) is 2.34. The zero-order chi connectivity index (χ0) is 14.0. The molecule has 2 rings (SSSR count). The summed E-state index contributed by atoms with van der Waals surface area (Å²) >= 11 is 5.78. The van der Waals surface area contributed by atoms with Crippen LogP contribution in [0.5, 0.6) is 5.75 Å². The fraction of sp³-hybridized carbons (Fsp3) is 0. The number of amides is 1. The molecule has 4 nitrogen and oxygen atoms in total. The summed E-state index contributed by atoms with van der Waals surface area (Å²) in [5, 5.41) is 20.4. The molecule has 2 aromatic rings. The van der Waals surface area contributed by atoms with E-state index in [0.717, 1.165) is 6.07 Å². The van der Waals surface area contributed by atoms with Crippen LogP contribution < -0.4 is 5.32 Å². The van der Waals surface area contributed by atoms with Crippen LogP contribution in [0, 0.1) is 5.82 Å². The van der Waals surface area contributed by atoms with E-state index in [0.29, 0.717) is 11.1 Å². The van der Waals surface area contributed by atoms with Crippen LogP contribution in [0.4, 0.5) is 14.9 Å². The van der Waals surface area contributed by atoms with Gasteiger partial charge in [0, 0.05) is 5.56 Å². The van der Waals surface area contributed by atoms with Gasteiger partial charge in [0.2, 0.25) is 0 Å². The number of anilines is 1. The van der Waals surface area contributed by atoms with Gasteiger partial charge >= 0.3 is 6.09 Å². The van der Waals surface area contributed by atoms with Gasteiger partial charge in [-0.3, -0.25) is 5.32 Å². The number of carbonyl (C=O) groups is 1. The molecule has 0 bridgehead atoms. The Balaban J connectivity index is 2.55. The third-order valence-corrected chi connectivity index (χ3v) is 2.78. The Bertz CT molecular complexity index is 646. The zero-order valence-corrected chi connectivity index (χ0v) is 10.3. The topological polar surface area (TPSA) is 69.6 Å². The molecule has 0 unspecified atom stereocenters. The van der Waals surface area contributed by atoms with Gasteiger partial charge in [-0.15, -0.1) is 0 Å². The lowest BCUT2D eigenvalue weighted by Crippen LogP contribution is -2.08. The van der Waals surface area contributed by atoms with Crippen LogP contribution in [-0.4, -0.2) is 16.3 Å². The van der Waals surface area contributed by atoms with Crippen molar-refractivity contribution in [2.45, 2.75) is 0 Å². The molecule has 0 saturated carbocycles. The highest BCUT2D eigenvalue weighted by Gasteiger charge is 2.10. The van der Waals surface area contributed by atoms with Crippen LogP contribution in [0.1, 0.15) is 0 Å². The maximum absolute atomic E-state index is 13.3. The van der Waals surface area contributed by atoms with E-state index in [2.05, 4.69) is 5.32 Å². The lowest BCUT2D eigenvalue weighted by atomic mass is 10.0. The monoisotopic (exact) mass is 281 g/mol. The number of nitrogens with one attached hydrogen (secondary N) is 1. The number of rotatable bonds is 2. The first-order valence-corrected chi connectivity index (χ1v) is 5.63. The van der Waals surface area contributed by atoms with Crippen molar-refractivity contribution >= 4 is 23.4 Å². The molecule has 0 aliphatic rings. The standard InChI is InChI=1S/C13H9ClFNO3/c14-10-5-7(1-4-12(10)17)9-6-8(15)2-3-11(9)16-13(18)19/h1-6,16-17H,(H,18,19). The van der Waals surface area contributed by atoms with Crippen LogP contribution in [0.25, 0.3) is 11.1 Å². The van der Waals surface area contributed by atoms with Gasteiger partial charge in [0.15, 0.2) is 0 Å². The third kappa shape index (κ3) is 2.95. The second-order valence-electron chi connectivity index (χ2n) is 3.79. The molecule has 0 fully saturated rings.